The van der Waals surface area contributed by atoms with Gasteiger partial charge in [-0.25, -0.2) is 0 Å². The third kappa shape index (κ3) is 15.9. The van der Waals surface area contributed by atoms with E-state index in [2.05, 4.69) is 31.9 Å². The fourth-order valence-corrected chi connectivity index (χ4v) is 11.5. The summed E-state index contributed by atoms with van der Waals surface area (Å²) in [5.41, 5.74) is 3.38. The van der Waals surface area contributed by atoms with Crippen LogP contribution in [0.15, 0.2) is 144 Å². The maximum absolute atomic E-state index is 10.9. The maximum Gasteiger partial charge on any atom is 0.211 e. The minimum Gasteiger partial charge on any atom is -0.508 e. The van der Waals surface area contributed by atoms with E-state index < -0.39 is 11.5 Å². The molecule has 462 valence electrons. The number of halogens is 9. The van der Waals surface area contributed by atoms with E-state index >= 15 is 0 Å². The number of ether oxygens (including phenoxy) is 4. The molecule has 8 aromatic carbocycles. The second kappa shape index (κ2) is 28.1. The van der Waals surface area contributed by atoms with E-state index in [1.165, 1.54) is 91.0 Å². The number of hydrogen-bond acceptors (Lipinski definition) is 16. The second-order valence-corrected chi connectivity index (χ2v) is 24.9. The Kier molecular flexibility index (Phi) is 20.8. The Hall–Kier alpha value is -7.49. The van der Waals surface area contributed by atoms with Gasteiger partial charge in [0, 0.05) is 86.3 Å². The lowest BCUT2D eigenvalue weighted by Crippen LogP contribution is -1.95. The first-order valence-electron chi connectivity index (χ1n) is 26.2. The Labute approximate surface area is 559 Å². The van der Waals surface area contributed by atoms with Crippen molar-refractivity contribution in [3.05, 3.63) is 204 Å². The van der Waals surface area contributed by atoms with Crippen molar-refractivity contribution >= 4 is 113 Å². The molecule has 12 N–H and O–H groups in total. The molecule has 0 spiro atoms. The molecule has 0 radical (unpaired) electrons. The predicted molar refractivity (Wildman–Crippen MR) is 348 cm³/mol. The lowest BCUT2D eigenvalue weighted by atomic mass is 10.1. The molecule has 0 aromatic heterocycles. The Bertz CT molecular complexity index is 4060. The van der Waals surface area contributed by atoms with E-state index in [0.29, 0.717) is 69.1 Å². The van der Waals surface area contributed by atoms with Crippen LogP contribution in [0.25, 0.3) is 0 Å². The topological polar surface area (TPSA) is 280 Å². The molecule has 89 heavy (non-hydrogen) atoms. The van der Waals surface area contributed by atoms with E-state index in [1.54, 1.807) is 24.3 Å². The molecule has 0 saturated heterocycles. The normalized spacial score (nSPS) is 16.1. The van der Waals surface area contributed by atoms with Gasteiger partial charge in [-0.3, -0.25) is 0 Å². The zero-order valence-electron chi connectivity index (χ0n) is 45.5. The van der Waals surface area contributed by atoms with Crippen molar-refractivity contribution in [1.82, 2.24) is 0 Å². The average molecular weight is 1480 g/mol. The number of allylic oxidation sites excluding steroid dienone is 8. The lowest BCUT2D eigenvalue weighted by Gasteiger charge is -2.16. The molecule has 8 aliphatic rings. The fraction of sp³-hybridized carbons (Fsp3) is 0.125. The molecule has 8 aliphatic heterocycles. The number of benzene rings is 8. The second-order valence-electron chi connectivity index (χ2n) is 20.1. The standard InChI is InChI=1S/C32H23BrCl4O8.C32H24BrCl3O8/c33-29-17-8-19(35)4-2-16-10-27(20(36)12-22(16)38)44-31-24(40)6-14(7-25(31)41)5-18(34)3-1-15-11-28(21(37)13-23(15)39)45-32(30(29)43)26(42)9-17;33-21-13-23(37)17-1-3-19(34)6-16-9-27(41)32(28(42)10-16)44-30-12-18(24(38)14-22(30)36)2-4-20(35)5-15-7-25(39)31(26(40)8-15)43-29(21)11-17/h3-4,6-7,9-13,38-43H,1-2,5,8H2;3-4,7-14,37-42H,1-2,5-6H2/b18-3+,19-4+;19-3+,20-4+. The summed E-state index contributed by atoms with van der Waals surface area (Å²) in [4.78, 5) is 0. The Balaban J connectivity index is 0.000000211. The summed E-state index contributed by atoms with van der Waals surface area (Å²) in [6.07, 6.45) is 7.52. The van der Waals surface area contributed by atoms with Crippen molar-refractivity contribution in [2.24, 2.45) is 0 Å². The number of hydrogen-bond donors (Lipinski definition) is 12. The molecule has 8 heterocycles. The van der Waals surface area contributed by atoms with Crippen LogP contribution < -0.4 is 18.9 Å². The summed E-state index contributed by atoms with van der Waals surface area (Å²) in [5, 5.41) is 129. The third-order valence-electron chi connectivity index (χ3n) is 13.6. The summed E-state index contributed by atoms with van der Waals surface area (Å²) in [6.45, 7) is 0. The molecule has 0 atom stereocenters. The van der Waals surface area contributed by atoms with Gasteiger partial charge in [0.25, 0.3) is 0 Å². The van der Waals surface area contributed by atoms with Crippen molar-refractivity contribution in [2.75, 3.05) is 0 Å². The highest BCUT2D eigenvalue weighted by molar-refractivity contribution is 9.11. The summed E-state index contributed by atoms with van der Waals surface area (Å²) >= 11 is 51.5. The van der Waals surface area contributed by atoms with Crippen LogP contribution >= 0.6 is 113 Å². The first-order chi connectivity index (χ1) is 42.2. The van der Waals surface area contributed by atoms with E-state index in [9.17, 15) is 61.3 Å². The first-order valence-corrected chi connectivity index (χ1v) is 30.4. The third-order valence-corrected chi connectivity index (χ3v) is 17.2. The van der Waals surface area contributed by atoms with Gasteiger partial charge in [0.05, 0.1) is 24.0 Å². The number of phenols is 12. The molecule has 16 bridgehead atoms. The summed E-state index contributed by atoms with van der Waals surface area (Å²) < 4.78 is 23.7. The zero-order chi connectivity index (χ0) is 64.3. The van der Waals surface area contributed by atoms with Crippen LogP contribution in [0.2, 0.25) is 15.1 Å². The molecular formula is C64H47Br2Cl7O16. The van der Waals surface area contributed by atoms with Crippen LogP contribution in [-0.2, 0) is 51.4 Å². The predicted octanol–water partition coefficient (Wildman–Crippen LogP) is 18.8. The Morgan fingerprint density at radius 2 is 0.551 bits per heavy atom. The SMILES string of the molecule is Oc1cc(Cl)c2cc1C/C=C(/Cl)Cc1cc(O)c(c(O)c1)Oc1cc(c(O)cc1Br)C/C=C(/Cl)Cc1cc(O)c(c(O)c1)O2.Oc1cc(Cl)c2cc1C/C=C(/Cl)Cc1cc(O)c(c(O)c1Br)Oc1cc(c(O)cc1Cl)C/C=C(/Cl)Cc1cc(O)c(c(O)c1)O2. The molecule has 16 rings (SSSR count). The highest BCUT2D eigenvalue weighted by atomic mass is 79.9. The summed E-state index contributed by atoms with van der Waals surface area (Å²) in [7, 11) is 0. The first kappa shape index (κ1) is 65.9. The van der Waals surface area contributed by atoms with Crippen molar-refractivity contribution in [3.63, 3.8) is 0 Å². The lowest BCUT2D eigenvalue weighted by molar-refractivity contribution is 0.373. The number of aromatic hydroxyl groups is 12. The van der Waals surface area contributed by atoms with E-state index in [0.717, 1.165) is 0 Å². The molecule has 0 aliphatic carbocycles. The van der Waals surface area contributed by atoms with Gasteiger partial charge in [0.15, 0.2) is 46.0 Å². The molecular weight excluding hydrogens is 1430 g/mol. The molecule has 25 heteroatoms. The van der Waals surface area contributed by atoms with E-state index in [1.807, 2.05) is 0 Å². The minimum absolute atomic E-state index is 0.0135. The smallest absolute Gasteiger partial charge is 0.211 e. The van der Waals surface area contributed by atoms with Crippen LogP contribution in [0.4, 0.5) is 0 Å². The van der Waals surface area contributed by atoms with Gasteiger partial charge in [0.2, 0.25) is 23.0 Å². The zero-order valence-corrected chi connectivity index (χ0v) is 54.0. The summed E-state index contributed by atoms with van der Waals surface area (Å²) in [5.74, 6) is -4.05. The molecule has 0 fully saturated rings. The fourth-order valence-electron chi connectivity index (χ4n) is 9.17. The van der Waals surface area contributed by atoms with Crippen molar-refractivity contribution in [3.8, 4) is 115 Å². The molecule has 0 saturated carbocycles. The maximum atomic E-state index is 10.9. The largest absolute Gasteiger partial charge is 0.508 e. The van der Waals surface area contributed by atoms with Gasteiger partial charge < -0.3 is 80.2 Å². The molecule has 0 amide bonds. The molecule has 16 nitrogen and oxygen atoms in total. The van der Waals surface area contributed by atoms with Crippen molar-refractivity contribution in [2.45, 2.75) is 51.4 Å². The van der Waals surface area contributed by atoms with Gasteiger partial charge in [-0.2, -0.15) is 0 Å². The number of rotatable bonds is 0. The van der Waals surface area contributed by atoms with Gasteiger partial charge in [-0.15, -0.1) is 0 Å². The monoisotopic (exact) mass is 1470 g/mol. The molecule has 8 aromatic rings. The van der Waals surface area contributed by atoms with E-state index in [-0.39, 0.29) is 174 Å². The van der Waals surface area contributed by atoms with Crippen LogP contribution in [0.3, 0.4) is 0 Å². The van der Waals surface area contributed by atoms with Crippen LogP contribution in [0.5, 0.6) is 115 Å². The van der Waals surface area contributed by atoms with Gasteiger partial charge in [-0.05, 0) is 153 Å². The van der Waals surface area contributed by atoms with Crippen molar-refractivity contribution in [1.29, 1.82) is 0 Å². The van der Waals surface area contributed by atoms with Crippen LogP contribution in [-0.4, -0.2) is 61.3 Å². The van der Waals surface area contributed by atoms with Gasteiger partial charge >= 0.3 is 0 Å². The Morgan fingerprint density at radius 1 is 0.281 bits per heavy atom. The number of phenolic OH excluding ortho intramolecular Hbond substituents is 12. The highest BCUT2D eigenvalue weighted by Gasteiger charge is 2.24. The summed E-state index contributed by atoms with van der Waals surface area (Å²) in [6, 6.07) is 20.7. The van der Waals surface area contributed by atoms with Gasteiger partial charge in [0.1, 0.15) is 46.0 Å². The average Bonchev–Trinajstić information content (AvgIpc) is 2.68. The minimum atomic E-state index is -0.410. The highest BCUT2D eigenvalue weighted by Crippen LogP contribution is 2.51. The van der Waals surface area contributed by atoms with Crippen molar-refractivity contribution < 1.29 is 80.2 Å². The van der Waals surface area contributed by atoms with Gasteiger partial charge in [-0.1, -0.05) is 106 Å². The molecule has 0 unspecified atom stereocenters. The van der Waals surface area contributed by atoms with Crippen LogP contribution in [0, 0.1) is 0 Å². The van der Waals surface area contributed by atoms with Crippen LogP contribution in [0.1, 0.15) is 44.5 Å². The quantitative estimate of drug-likeness (QED) is 0.0672. The van der Waals surface area contributed by atoms with E-state index in [4.69, 9.17) is 100 Å². The Morgan fingerprint density at radius 3 is 0.888 bits per heavy atom.